The van der Waals surface area contributed by atoms with Crippen LogP contribution in [0.5, 0.6) is 0 Å². The highest BCUT2D eigenvalue weighted by atomic mass is 35.5. The van der Waals surface area contributed by atoms with E-state index >= 15 is 0 Å². The highest BCUT2D eigenvalue weighted by molar-refractivity contribution is 6.34. The molecule has 2 fully saturated rings. The van der Waals surface area contributed by atoms with Crippen LogP contribution in [0.25, 0.3) is 5.65 Å². The van der Waals surface area contributed by atoms with Crippen molar-refractivity contribution < 1.29 is 0 Å². The maximum absolute atomic E-state index is 6.68. The van der Waals surface area contributed by atoms with Gasteiger partial charge in [0, 0.05) is 51.5 Å². The average molecular weight is 417 g/mol. The Morgan fingerprint density at radius 2 is 1.82 bits per heavy atom. The van der Waals surface area contributed by atoms with Crippen LogP contribution in [-0.4, -0.2) is 50.7 Å². The molecular formula is C20H22Cl2N6. The van der Waals surface area contributed by atoms with Gasteiger partial charge in [-0.15, -0.1) is 10.2 Å². The zero-order valence-corrected chi connectivity index (χ0v) is 17.1. The summed E-state index contributed by atoms with van der Waals surface area (Å²) in [6, 6.07) is 5.98. The molecule has 146 valence electrons. The molecule has 0 N–H and O–H groups in total. The lowest BCUT2D eigenvalue weighted by Gasteiger charge is -2.35. The summed E-state index contributed by atoms with van der Waals surface area (Å²) in [5.41, 5.74) is 1.89. The molecule has 0 aromatic carbocycles. The highest BCUT2D eigenvalue weighted by Crippen LogP contribution is 2.33. The van der Waals surface area contributed by atoms with Gasteiger partial charge in [-0.1, -0.05) is 23.2 Å². The minimum atomic E-state index is 0.668. The van der Waals surface area contributed by atoms with Gasteiger partial charge in [0.25, 0.3) is 0 Å². The second kappa shape index (κ2) is 7.50. The number of anilines is 1. The average Bonchev–Trinajstić information content (AvgIpc) is 3.44. The standard InChI is InChI=1S/C20H22Cl2N6/c21-16-3-4-17(23-12-16)27-9-7-26(8-10-27)13-15-5-6-28-18(11-14-1-2-14)24-25-20(28)19(15)22/h3-6,12,14H,1-2,7-11,13H2. The summed E-state index contributed by atoms with van der Waals surface area (Å²) in [4.78, 5) is 9.14. The Morgan fingerprint density at radius 3 is 2.54 bits per heavy atom. The first kappa shape index (κ1) is 18.2. The van der Waals surface area contributed by atoms with E-state index in [0.717, 1.165) is 72.9 Å². The van der Waals surface area contributed by atoms with Crippen molar-refractivity contribution in [2.75, 3.05) is 31.1 Å². The third kappa shape index (κ3) is 3.69. The van der Waals surface area contributed by atoms with Gasteiger partial charge in [-0.05, 0) is 42.5 Å². The van der Waals surface area contributed by atoms with E-state index in [-0.39, 0.29) is 0 Å². The predicted molar refractivity (Wildman–Crippen MR) is 111 cm³/mol. The fourth-order valence-electron chi connectivity index (χ4n) is 3.78. The van der Waals surface area contributed by atoms with Crippen LogP contribution in [0.4, 0.5) is 5.82 Å². The summed E-state index contributed by atoms with van der Waals surface area (Å²) in [5, 5.41) is 10.1. The Morgan fingerprint density at radius 1 is 1.00 bits per heavy atom. The van der Waals surface area contributed by atoms with Crippen molar-refractivity contribution in [2.24, 2.45) is 5.92 Å². The topological polar surface area (TPSA) is 49.6 Å². The molecular weight excluding hydrogens is 395 g/mol. The molecule has 0 bridgehead atoms. The van der Waals surface area contributed by atoms with Crippen molar-refractivity contribution in [2.45, 2.75) is 25.8 Å². The smallest absolute Gasteiger partial charge is 0.179 e. The molecule has 8 heteroatoms. The molecule has 1 saturated carbocycles. The molecule has 3 aromatic heterocycles. The Balaban J connectivity index is 1.25. The number of hydrogen-bond donors (Lipinski definition) is 0. The normalized spacial score (nSPS) is 18.1. The minimum Gasteiger partial charge on any atom is -0.354 e. The fraction of sp³-hybridized carbons (Fsp3) is 0.450. The second-order valence-corrected chi connectivity index (χ2v) is 8.52. The lowest BCUT2D eigenvalue weighted by molar-refractivity contribution is 0.249. The van der Waals surface area contributed by atoms with Crippen LogP contribution in [0.2, 0.25) is 10.0 Å². The van der Waals surface area contributed by atoms with Gasteiger partial charge in [0.05, 0.1) is 10.0 Å². The monoisotopic (exact) mass is 416 g/mol. The van der Waals surface area contributed by atoms with Gasteiger partial charge in [0.2, 0.25) is 0 Å². The summed E-state index contributed by atoms with van der Waals surface area (Å²) >= 11 is 12.6. The molecule has 0 unspecified atom stereocenters. The van der Waals surface area contributed by atoms with Gasteiger partial charge in [0.15, 0.2) is 5.65 Å². The van der Waals surface area contributed by atoms with E-state index in [9.17, 15) is 0 Å². The number of piperazine rings is 1. The Bertz CT molecular complexity index is 974. The van der Waals surface area contributed by atoms with Crippen LogP contribution < -0.4 is 4.90 Å². The van der Waals surface area contributed by atoms with Crippen molar-refractivity contribution in [3.05, 3.63) is 52.0 Å². The number of hydrogen-bond acceptors (Lipinski definition) is 5. The van der Waals surface area contributed by atoms with Crippen molar-refractivity contribution in [1.29, 1.82) is 0 Å². The third-order valence-electron chi connectivity index (χ3n) is 5.64. The molecule has 2 aliphatic rings. The summed E-state index contributed by atoms with van der Waals surface area (Å²) in [6.07, 6.45) is 7.38. The van der Waals surface area contributed by atoms with Crippen LogP contribution in [0.1, 0.15) is 24.2 Å². The Labute approximate surface area is 174 Å². The first-order chi connectivity index (χ1) is 13.7. The summed E-state index contributed by atoms with van der Waals surface area (Å²) < 4.78 is 2.05. The van der Waals surface area contributed by atoms with Crippen molar-refractivity contribution in [3.8, 4) is 0 Å². The summed E-state index contributed by atoms with van der Waals surface area (Å²) in [6.45, 7) is 4.62. The summed E-state index contributed by atoms with van der Waals surface area (Å²) in [5.74, 6) is 2.78. The number of nitrogens with zero attached hydrogens (tertiary/aromatic N) is 6. The molecule has 1 saturated heterocycles. The molecule has 0 atom stereocenters. The number of fused-ring (bicyclic) bond motifs is 1. The molecule has 0 radical (unpaired) electrons. The van der Waals surface area contributed by atoms with E-state index in [1.165, 1.54) is 12.8 Å². The quantitative estimate of drug-likeness (QED) is 0.634. The van der Waals surface area contributed by atoms with Crippen molar-refractivity contribution >= 4 is 34.7 Å². The van der Waals surface area contributed by atoms with E-state index in [0.29, 0.717) is 5.02 Å². The third-order valence-corrected chi connectivity index (χ3v) is 6.27. The van der Waals surface area contributed by atoms with Crippen LogP contribution in [0.3, 0.4) is 0 Å². The first-order valence-corrected chi connectivity index (χ1v) is 10.5. The van der Waals surface area contributed by atoms with Gasteiger partial charge in [-0.25, -0.2) is 4.98 Å². The molecule has 28 heavy (non-hydrogen) atoms. The van der Waals surface area contributed by atoms with Gasteiger partial charge in [-0.2, -0.15) is 0 Å². The second-order valence-electron chi connectivity index (χ2n) is 7.71. The lowest BCUT2D eigenvalue weighted by atomic mass is 10.2. The number of rotatable bonds is 5. The Hall–Kier alpha value is -1.89. The molecule has 1 aliphatic heterocycles. The molecule has 6 nitrogen and oxygen atoms in total. The molecule has 5 rings (SSSR count). The molecule has 3 aromatic rings. The van der Waals surface area contributed by atoms with Crippen molar-refractivity contribution in [3.63, 3.8) is 0 Å². The molecule has 4 heterocycles. The summed E-state index contributed by atoms with van der Waals surface area (Å²) in [7, 11) is 0. The van der Waals surface area contributed by atoms with E-state index < -0.39 is 0 Å². The van der Waals surface area contributed by atoms with E-state index in [2.05, 4.69) is 37.2 Å². The van der Waals surface area contributed by atoms with Gasteiger partial charge in [-0.3, -0.25) is 9.30 Å². The number of pyridine rings is 2. The number of halogens is 2. The van der Waals surface area contributed by atoms with Gasteiger partial charge < -0.3 is 4.90 Å². The minimum absolute atomic E-state index is 0.668. The van der Waals surface area contributed by atoms with Crippen LogP contribution in [0, 0.1) is 5.92 Å². The number of aromatic nitrogens is 4. The van der Waals surface area contributed by atoms with Crippen LogP contribution in [0.15, 0.2) is 30.6 Å². The Kier molecular flexibility index (Phi) is 4.87. The van der Waals surface area contributed by atoms with Gasteiger partial charge in [0.1, 0.15) is 11.6 Å². The van der Waals surface area contributed by atoms with Crippen LogP contribution >= 0.6 is 23.2 Å². The van der Waals surface area contributed by atoms with E-state index in [4.69, 9.17) is 23.2 Å². The lowest BCUT2D eigenvalue weighted by Crippen LogP contribution is -2.46. The fourth-order valence-corrected chi connectivity index (χ4v) is 4.15. The maximum Gasteiger partial charge on any atom is 0.179 e. The maximum atomic E-state index is 6.68. The molecule has 0 amide bonds. The SMILES string of the molecule is Clc1ccc(N2CCN(Cc3ccn4c(CC5CC5)nnc4c3Cl)CC2)nc1. The van der Waals surface area contributed by atoms with Gasteiger partial charge >= 0.3 is 0 Å². The molecule has 1 aliphatic carbocycles. The van der Waals surface area contributed by atoms with E-state index in [1.807, 2.05) is 16.5 Å². The molecule has 0 spiro atoms. The van der Waals surface area contributed by atoms with Crippen LogP contribution in [-0.2, 0) is 13.0 Å². The highest BCUT2D eigenvalue weighted by Gasteiger charge is 2.25. The zero-order chi connectivity index (χ0) is 19.1. The first-order valence-electron chi connectivity index (χ1n) is 9.77. The van der Waals surface area contributed by atoms with E-state index in [1.54, 1.807) is 6.20 Å². The largest absolute Gasteiger partial charge is 0.354 e. The predicted octanol–water partition coefficient (Wildman–Crippen LogP) is 3.71. The zero-order valence-electron chi connectivity index (χ0n) is 15.6. The van der Waals surface area contributed by atoms with Crippen molar-refractivity contribution in [1.82, 2.24) is 24.5 Å².